The van der Waals surface area contributed by atoms with Gasteiger partial charge in [-0.05, 0) is 53.5 Å². The fraction of sp³-hybridized carbons (Fsp3) is 0.259. The number of nitro benzene ring substituents is 1. The predicted octanol–water partition coefficient (Wildman–Crippen LogP) is 3.10. The first-order valence-electron chi connectivity index (χ1n) is 12.2. The van der Waals surface area contributed by atoms with Gasteiger partial charge in [0.2, 0.25) is 5.75 Å². The number of hydrazone groups is 1. The maximum Gasteiger partial charge on any atom is 0.338 e. The average Bonchev–Trinajstić information content (AvgIpc) is 2.94. The van der Waals surface area contributed by atoms with Crippen molar-refractivity contribution >= 4 is 45.7 Å². The van der Waals surface area contributed by atoms with E-state index in [2.05, 4.69) is 43.0 Å². The number of nitrogens with zero attached hydrogens (tertiary/aromatic N) is 2. The molecule has 1 aliphatic heterocycles. The molecule has 3 N–H and O–H groups in total. The number of halogens is 1. The van der Waals surface area contributed by atoms with Gasteiger partial charge in [0.1, 0.15) is 6.61 Å². The minimum atomic E-state index is -0.813. The van der Waals surface area contributed by atoms with Gasteiger partial charge in [-0.3, -0.25) is 14.9 Å². The minimum Gasteiger partial charge on any atom is -0.493 e. The molecule has 3 amide bonds. The van der Waals surface area contributed by atoms with Crippen LogP contribution in [0.4, 0.5) is 10.5 Å². The minimum absolute atomic E-state index is 0.0293. The molecule has 0 aromatic heterocycles. The number of esters is 1. The molecule has 0 fully saturated rings. The number of terminal acetylenes is 1. The van der Waals surface area contributed by atoms with E-state index in [1.807, 2.05) is 0 Å². The number of methoxy groups -OCH3 is 1. The summed E-state index contributed by atoms with van der Waals surface area (Å²) in [5.74, 6) is 1.44. The maximum absolute atomic E-state index is 12.6. The molecule has 0 radical (unpaired) electrons. The SMILES string of the molecule is C#CCOc1c(Br)cc(/C=N/NC(=O)COc2ccc([C@@H]3NC(=O)NC(C)=C3C(=O)OCC)cc2OC)cc1[N+](=O)[O-]. The number of amides is 3. The molecule has 0 aliphatic carbocycles. The van der Waals surface area contributed by atoms with Crippen LogP contribution in [0.1, 0.15) is 31.0 Å². The van der Waals surface area contributed by atoms with E-state index in [4.69, 9.17) is 25.4 Å². The number of hydrogen-bond donors (Lipinski definition) is 3. The Labute approximate surface area is 248 Å². The highest BCUT2D eigenvalue weighted by Gasteiger charge is 2.32. The summed E-state index contributed by atoms with van der Waals surface area (Å²) in [4.78, 5) is 47.8. The van der Waals surface area contributed by atoms with Crippen LogP contribution in [-0.2, 0) is 14.3 Å². The number of nitrogens with one attached hydrogen (secondary N) is 3. The van der Waals surface area contributed by atoms with E-state index in [0.717, 1.165) is 0 Å². The Morgan fingerprint density at radius 1 is 1.26 bits per heavy atom. The van der Waals surface area contributed by atoms with Gasteiger partial charge < -0.3 is 29.6 Å². The van der Waals surface area contributed by atoms with Crippen molar-refractivity contribution in [2.45, 2.75) is 19.9 Å². The lowest BCUT2D eigenvalue weighted by Crippen LogP contribution is -2.45. The highest BCUT2D eigenvalue weighted by molar-refractivity contribution is 9.10. The Morgan fingerprint density at radius 2 is 2.02 bits per heavy atom. The van der Waals surface area contributed by atoms with Crippen LogP contribution in [0, 0.1) is 22.5 Å². The zero-order valence-electron chi connectivity index (χ0n) is 22.7. The van der Waals surface area contributed by atoms with E-state index in [0.29, 0.717) is 16.8 Å². The summed E-state index contributed by atoms with van der Waals surface area (Å²) in [7, 11) is 1.39. The Hall–Kier alpha value is -5.10. The molecule has 42 heavy (non-hydrogen) atoms. The number of allylic oxidation sites excluding steroid dienone is 1. The van der Waals surface area contributed by atoms with E-state index in [1.165, 1.54) is 31.5 Å². The van der Waals surface area contributed by atoms with Crippen molar-refractivity contribution in [1.82, 2.24) is 16.1 Å². The van der Waals surface area contributed by atoms with Gasteiger partial charge in [-0.2, -0.15) is 5.10 Å². The van der Waals surface area contributed by atoms with Gasteiger partial charge in [0, 0.05) is 17.3 Å². The molecule has 0 spiro atoms. The van der Waals surface area contributed by atoms with Gasteiger partial charge in [0.15, 0.2) is 18.1 Å². The molecule has 1 aliphatic rings. The molecule has 14 nitrogen and oxygen atoms in total. The first-order chi connectivity index (χ1) is 20.1. The van der Waals surface area contributed by atoms with E-state index < -0.39 is 35.5 Å². The number of ether oxygens (including phenoxy) is 4. The number of urea groups is 1. The second-order valence-corrected chi connectivity index (χ2v) is 9.24. The van der Waals surface area contributed by atoms with E-state index >= 15 is 0 Å². The summed E-state index contributed by atoms with van der Waals surface area (Å²) in [6.07, 6.45) is 6.36. The third-order valence-electron chi connectivity index (χ3n) is 5.59. The first kappa shape index (κ1) is 31.4. The standard InChI is InChI=1S/C27H26BrN5O9/c1-5-9-41-25-18(28)10-16(11-19(25)33(37)38)13-29-32-22(34)14-42-20-8-7-17(12-21(20)39-4)24-23(26(35)40-6-2)15(3)30-27(36)31-24/h1,7-8,10-13,24H,6,9,14H2,2-4H3,(H,32,34)(H2,30,31,36)/b29-13+/t24-/m0/s1. The van der Waals surface area contributed by atoms with Crippen molar-refractivity contribution in [2.75, 3.05) is 26.9 Å². The van der Waals surface area contributed by atoms with Crippen molar-refractivity contribution in [3.8, 4) is 29.6 Å². The number of hydrogen-bond acceptors (Lipinski definition) is 10. The normalized spacial score (nSPS) is 14.4. The highest BCUT2D eigenvalue weighted by atomic mass is 79.9. The molecule has 2 aromatic carbocycles. The van der Waals surface area contributed by atoms with E-state index in [9.17, 15) is 24.5 Å². The van der Waals surface area contributed by atoms with Crippen LogP contribution in [0.15, 0.2) is 51.2 Å². The van der Waals surface area contributed by atoms with Gasteiger partial charge in [-0.15, -0.1) is 6.42 Å². The number of carbonyl (C=O) groups is 3. The van der Waals surface area contributed by atoms with Crippen LogP contribution in [-0.4, -0.2) is 56.0 Å². The summed E-state index contributed by atoms with van der Waals surface area (Å²) in [6, 6.07) is 6.12. The lowest BCUT2D eigenvalue weighted by Gasteiger charge is -2.28. The third kappa shape index (κ3) is 7.76. The van der Waals surface area contributed by atoms with Crippen LogP contribution in [0.3, 0.4) is 0 Å². The monoisotopic (exact) mass is 643 g/mol. The lowest BCUT2D eigenvalue weighted by molar-refractivity contribution is -0.385. The fourth-order valence-corrected chi connectivity index (χ4v) is 4.41. The van der Waals surface area contributed by atoms with E-state index in [-0.39, 0.29) is 46.2 Å². The first-order valence-corrected chi connectivity index (χ1v) is 13.0. The molecule has 0 saturated heterocycles. The van der Waals surface area contributed by atoms with Crippen molar-refractivity contribution in [1.29, 1.82) is 0 Å². The molecule has 3 rings (SSSR count). The molecular weight excluding hydrogens is 618 g/mol. The summed E-state index contributed by atoms with van der Waals surface area (Å²) in [5, 5.41) is 20.5. The van der Waals surface area contributed by atoms with Crippen molar-refractivity contribution in [2.24, 2.45) is 5.10 Å². The van der Waals surface area contributed by atoms with Gasteiger partial charge in [-0.1, -0.05) is 12.0 Å². The summed E-state index contributed by atoms with van der Waals surface area (Å²) in [5.41, 5.74) is 3.34. The molecule has 2 aromatic rings. The molecule has 1 heterocycles. The number of nitro groups is 1. The van der Waals surface area contributed by atoms with Gasteiger partial charge >= 0.3 is 17.7 Å². The third-order valence-corrected chi connectivity index (χ3v) is 6.18. The van der Waals surface area contributed by atoms with Crippen LogP contribution >= 0.6 is 15.9 Å². The van der Waals surface area contributed by atoms with Crippen molar-refractivity contribution in [3.63, 3.8) is 0 Å². The van der Waals surface area contributed by atoms with Crippen molar-refractivity contribution < 1.29 is 38.3 Å². The van der Waals surface area contributed by atoms with Gasteiger partial charge in [0.05, 0.1) is 40.9 Å². The average molecular weight is 644 g/mol. The van der Waals surface area contributed by atoms with Crippen LogP contribution in [0.25, 0.3) is 0 Å². The van der Waals surface area contributed by atoms with Gasteiger partial charge in [0.25, 0.3) is 5.91 Å². The highest BCUT2D eigenvalue weighted by Crippen LogP contribution is 2.36. The molecule has 15 heteroatoms. The van der Waals surface area contributed by atoms with Crippen LogP contribution in [0.5, 0.6) is 17.2 Å². The molecule has 0 unspecified atom stereocenters. The quantitative estimate of drug-likeness (QED) is 0.103. The largest absolute Gasteiger partial charge is 0.493 e. The second kappa shape index (κ2) is 14.5. The second-order valence-electron chi connectivity index (χ2n) is 8.38. The molecule has 0 bridgehead atoms. The van der Waals surface area contributed by atoms with E-state index in [1.54, 1.807) is 26.0 Å². The summed E-state index contributed by atoms with van der Waals surface area (Å²) >= 11 is 3.21. The zero-order chi connectivity index (χ0) is 30.8. The Balaban J connectivity index is 1.69. The predicted molar refractivity (Wildman–Crippen MR) is 153 cm³/mol. The molecule has 0 saturated carbocycles. The summed E-state index contributed by atoms with van der Waals surface area (Å²) in [6.45, 7) is 2.82. The molecule has 1 atom stereocenters. The molecular formula is C27H26BrN5O9. The van der Waals surface area contributed by atoms with Gasteiger partial charge in [-0.25, -0.2) is 15.0 Å². The zero-order valence-corrected chi connectivity index (χ0v) is 24.3. The molecule has 220 valence electrons. The smallest absolute Gasteiger partial charge is 0.338 e. The Bertz CT molecular complexity index is 1500. The topological polar surface area (TPSA) is 180 Å². The number of benzene rings is 2. The summed E-state index contributed by atoms with van der Waals surface area (Å²) < 4.78 is 21.6. The maximum atomic E-state index is 12.6. The number of rotatable bonds is 12. The lowest BCUT2D eigenvalue weighted by atomic mass is 9.95. The Kier molecular flexibility index (Phi) is 10.9. The fourth-order valence-electron chi connectivity index (χ4n) is 3.83. The van der Waals surface area contributed by atoms with Crippen LogP contribution in [0.2, 0.25) is 0 Å². The number of carbonyl (C=O) groups excluding carboxylic acids is 3. The van der Waals surface area contributed by atoms with Crippen LogP contribution < -0.4 is 30.3 Å². The van der Waals surface area contributed by atoms with Crippen molar-refractivity contribution in [3.05, 3.63) is 67.3 Å². The Morgan fingerprint density at radius 3 is 2.69 bits per heavy atom.